The fourth-order valence-electron chi connectivity index (χ4n) is 4.47. The van der Waals surface area contributed by atoms with Gasteiger partial charge in [-0.2, -0.15) is 18.3 Å². The van der Waals surface area contributed by atoms with E-state index in [4.69, 9.17) is 4.74 Å². The Balaban J connectivity index is 1.57. The van der Waals surface area contributed by atoms with Crippen LogP contribution in [0.15, 0.2) is 24.4 Å². The number of alkyl halides is 4. The van der Waals surface area contributed by atoms with Gasteiger partial charge in [0.15, 0.2) is 0 Å². The molecule has 0 saturated carbocycles. The smallest absolute Gasteiger partial charge is 0.393 e. The van der Waals surface area contributed by atoms with Gasteiger partial charge in [-0.15, -0.1) is 5.10 Å². The van der Waals surface area contributed by atoms with E-state index in [1.807, 2.05) is 32.7 Å². The zero-order chi connectivity index (χ0) is 29.2. The maximum Gasteiger partial charge on any atom is 0.393 e. The summed E-state index contributed by atoms with van der Waals surface area (Å²) in [7, 11) is 3.24. The van der Waals surface area contributed by atoms with E-state index >= 15 is 0 Å². The van der Waals surface area contributed by atoms with Gasteiger partial charge in [-0.1, -0.05) is 12.0 Å². The number of fused-ring (bicyclic) bond motifs is 1. The van der Waals surface area contributed by atoms with Crippen LogP contribution in [0.2, 0.25) is 0 Å². The van der Waals surface area contributed by atoms with E-state index < -0.39 is 30.7 Å². The van der Waals surface area contributed by atoms with Gasteiger partial charge in [0.25, 0.3) is 5.91 Å². The Morgan fingerprint density at radius 3 is 2.62 bits per heavy atom. The Morgan fingerprint density at radius 2 is 1.98 bits per heavy atom. The molecule has 1 fully saturated rings. The van der Waals surface area contributed by atoms with Crippen LogP contribution in [0, 0.1) is 11.8 Å². The molecule has 216 valence electrons. The number of piperidine rings is 1. The molecule has 13 heteroatoms. The van der Waals surface area contributed by atoms with Gasteiger partial charge >= 0.3 is 6.18 Å². The zero-order valence-electron chi connectivity index (χ0n) is 23.1. The molecule has 0 aliphatic carbocycles. The SMILES string of the molecule is COc1nn(C(C)(C)C)cc1C(=O)NCC#Cc1nn2c(N[C@@H]3CCN(C)C[C@@H]3F)cccc2c1CC(F)(F)F. The van der Waals surface area contributed by atoms with Crippen LogP contribution >= 0.6 is 0 Å². The number of hydrogen-bond acceptors (Lipinski definition) is 6. The minimum atomic E-state index is -4.50. The van der Waals surface area contributed by atoms with Gasteiger partial charge in [-0.05, 0) is 52.3 Å². The highest BCUT2D eigenvalue weighted by molar-refractivity contribution is 5.96. The summed E-state index contributed by atoms with van der Waals surface area (Å²) in [6, 6.07) is 4.27. The minimum absolute atomic E-state index is 0.0702. The lowest BCUT2D eigenvalue weighted by Crippen LogP contribution is -2.46. The number of halogens is 4. The van der Waals surface area contributed by atoms with Gasteiger partial charge in [0.2, 0.25) is 5.88 Å². The van der Waals surface area contributed by atoms with Crippen LogP contribution in [0.4, 0.5) is 23.4 Å². The number of amides is 1. The molecule has 9 nitrogen and oxygen atoms in total. The number of carbonyl (C=O) groups is 1. The summed E-state index contributed by atoms with van der Waals surface area (Å²) < 4.78 is 63.3. The highest BCUT2D eigenvalue weighted by atomic mass is 19.4. The van der Waals surface area contributed by atoms with Gasteiger partial charge in [0.1, 0.15) is 23.2 Å². The lowest BCUT2D eigenvalue weighted by molar-refractivity contribution is -0.127. The van der Waals surface area contributed by atoms with Crippen molar-refractivity contribution in [2.24, 2.45) is 0 Å². The molecule has 0 bridgehead atoms. The van der Waals surface area contributed by atoms with Crippen molar-refractivity contribution in [2.45, 2.75) is 57.5 Å². The van der Waals surface area contributed by atoms with E-state index in [9.17, 15) is 22.4 Å². The van der Waals surface area contributed by atoms with Crippen molar-refractivity contribution in [3.05, 3.63) is 41.2 Å². The molecule has 4 rings (SSSR count). The quantitative estimate of drug-likeness (QED) is 0.352. The molecular formula is C27H33F4N7O2. The number of pyridine rings is 1. The summed E-state index contributed by atoms with van der Waals surface area (Å²) in [6.07, 6.45) is -4.78. The van der Waals surface area contributed by atoms with E-state index in [-0.39, 0.29) is 46.8 Å². The Bertz CT molecular complexity index is 1430. The normalized spacial score (nSPS) is 18.3. The molecule has 1 saturated heterocycles. The Labute approximate surface area is 229 Å². The maximum absolute atomic E-state index is 14.6. The first-order valence-electron chi connectivity index (χ1n) is 12.8. The van der Waals surface area contributed by atoms with E-state index in [1.54, 1.807) is 23.0 Å². The third-order valence-corrected chi connectivity index (χ3v) is 6.56. The largest absolute Gasteiger partial charge is 0.479 e. The van der Waals surface area contributed by atoms with E-state index in [1.165, 1.54) is 17.7 Å². The fourth-order valence-corrected chi connectivity index (χ4v) is 4.47. The van der Waals surface area contributed by atoms with Crippen molar-refractivity contribution in [3.63, 3.8) is 0 Å². The monoisotopic (exact) mass is 563 g/mol. The van der Waals surface area contributed by atoms with Crippen molar-refractivity contribution in [2.75, 3.05) is 39.1 Å². The van der Waals surface area contributed by atoms with Crippen molar-refractivity contribution >= 4 is 17.2 Å². The Morgan fingerprint density at radius 1 is 1.23 bits per heavy atom. The number of nitrogens with one attached hydrogen (secondary N) is 2. The predicted octanol–water partition coefficient (Wildman–Crippen LogP) is 3.63. The molecule has 0 unspecified atom stereocenters. The average molecular weight is 564 g/mol. The molecule has 2 N–H and O–H groups in total. The second-order valence-electron chi connectivity index (χ2n) is 10.8. The molecule has 3 aromatic rings. The van der Waals surface area contributed by atoms with E-state index in [2.05, 4.69) is 32.7 Å². The number of hydrogen-bond donors (Lipinski definition) is 2. The Hall–Kier alpha value is -3.79. The topological polar surface area (TPSA) is 88.7 Å². The maximum atomic E-state index is 14.6. The summed E-state index contributed by atoms with van der Waals surface area (Å²) in [5, 5.41) is 14.3. The summed E-state index contributed by atoms with van der Waals surface area (Å²) in [5.41, 5.74) is -0.114. The third-order valence-electron chi connectivity index (χ3n) is 6.56. The minimum Gasteiger partial charge on any atom is -0.479 e. The van der Waals surface area contributed by atoms with Crippen LogP contribution in [0.25, 0.3) is 5.52 Å². The van der Waals surface area contributed by atoms with Crippen LogP contribution in [-0.2, 0) is 12.0 Å². The van der Waals surface area contributed by atoms with Crippen LogP contribution in [0.1, 0.15) is 48.8 Å². The first-order chi connectivity index (χ1) is 18.8. The molecule has 4 heterocycles. The average Bonchev–Trinajstić information content (AvgIpc) is 3.45. The third kappa shape index (κ3) is 6.67. The van der Waals surface area contributed by atoms with Gasteiger partial charge in [-0.3, -0.25) is 9.48 Å². The van der Waals surface area contributed by atoms with Gasteiger partial charge in [0, 0.05) is 24.8 Å². The van der Waals surface area contributed by atoms with Gasteiger partial charge in [0.05, 0.1) is 37.2 Å². The van der Waals surface area contributed by atoms with Gasteiger partial charge < -0.3 is 20.3 Å². The molecule has 3 aromatic heterocycles. The standard InChI is InChI=1S/C27H33F4N7O2/c1-26(2,3)37-15-18(25(35-37)40-5)24(39)32-12-7-8-20-17(14-27(29,30)31)22-9-6-10-23(38(22)34-20)33-21-11-13-36(4)16-19(21)28/h6,9-10,15,19,21,33H,11-14,16H2,1-5H3,(H,32,39)/t19-,21+/m0/s1. The van der Waals surface area contributed by atoms with Crippen LogP contribution < -0.4 is 15.4 Å². The number of methoxy groups -OCH3 is 1. The molecule has 40 heavy (non-hydrogen) atoms. The van der Waals surface area contributed by atoms with Crippen molar-refractivity contribution in [3.8, 4) is 17.7 Å². The molecule has 0 aromatic carbocycles. The molecule has 1 amide bonds. The summed E-state index contributed by atoms with van der Waals surface area (Å²) in [6.45, 7) is 6.57. The zero-order valence-corrected chi connectivity index (χ0v) is 23.1. The molecule has 1 aliphatic heterocycles. The second-order valence-corrected chi connectivity index (χ2v) is 10.8. The highest BCUT2D eigenvalue weighted by Gasteiger charge is 2.32. The molecule has 1 aliphatic rings. The lowest BCUT2D eigenvalue weighted by atomic mass is 10.0. The predicted molar refractivity (Wildman–Crippen MR) is 142 cm³/mol. The Kier molecular flexibility index (Phi) is 8.30. The second kappa shape index (κ2) is 11.4. The lowest BCUT2D eigenvalue weighted by Gasteiger charge is -2.33. The van der Waals surface area contributed by atoms with Gasteiger partial charge in [-0.25, -0.2) is 8.91 Å². The first-order valence-corrected chi connectivity index (χ1v) is 12.8. The summed E-state index contributed by atoms with van der Waals surface area (Å²) in [4.78, 5) is 14.6. The van der Waals surface area contributed by atoms with Crippen molar-refractivity contribution in [1.29, 1.82) is 0 Å². The molecular weight excluding hydrogens is 530 g/mol. The highest BCUT2D eigenvalue weighted by Crippen LogP contribution is 2.29. The number of nitrogens with zero attached hydrogens (tertiary/aromatic N) is 5. The number of rotatable bonds is 6. The molecule has 0 spiro atoms. The number of likely N-dealkylation sites (tertiary alicyclic amines) is 1. The number of aromatic nitrogens is 4. The summed E-state index contributed by atoms with van der Waals surface area (Å²) >= 11 is 0. The van der Waals surface area contributed by atoms with Crippen LogP contribution in [0.5, 0.6) is 5.88 Å². The van der Waals surface area contributed by atoms with Crippen LogP contribution in [-0.4, -0.2) is 82.4 Å². The number of anilines is 1. The summed E-state index contributed by atoms with van der Waals surface area (Å²) in [5.74, 6) is 5.41. The number of ether oxygens (including phenoxy) is 1. The van der Waals surface area contributed by atoms with Crippen LogP contribution in [0.3, 0.4) is 0 Å². The fraction of sp³-hybridized carbons (Fsp3) is 0.519. The number of carbonyl (C=O) groups excluding carboxylic acids is 1. The van der Waals surface area contributed by atoms with E-state index in [0.29, 0.717) is 18.8 Å². The molecule has 2 atom stereocenters. The van der Waals surface area contributed by atoms with Crippen molar-refractivity contribution < 1.29 is 27.1 Å². The molecule has 0 radical (unpaired) electrons. The van der Waals surface area contributed by atoms with E-state index in [0.717, 1.165) is 0 Å². The first kappa shape index (κ1) is 29.2. The van der Waals surface area contributed by atoms with Crippen molar-refractivity contribution in [1.82, 2.24) is 29.6 Å².